The second-order valence-electron chi connectivity index (χ2n) is 13.9. The van der Waals surface area contributed by atoms with Crippen LogP contribution in [0.2, 0.25) is 0 Å². The van der Waals surface area contributed by atoms with Gasteiger partial charge < -0.3 is 19.5 Å². The van der Waals surface area contributed by atoms with Gasteiger partial charge in [0.1, 0.15) is 23.6 Å². The number of allylic oxidation sites excluding steroid dienone is 5. The number of likely N-dealkylation sites (tertiary alicyclic amines) is 1. The van der Waals surface area contributed by atoms with Gasteiger partial charge in [0.15, 0.2) is 0 Å². The van der Waals surface area contributed by atoms with Crippen molar-refractivity contribution < 1.29 is 29.2 Å². The fraction of sp³-hybridized carbons (Fsp3) is 0.667. The molecular weight excluding hydrogens is 598 g/mol. The van der Waals surface area contributed by atoms with Crippen LogP contribution in [0.25, 0.3) is 0 Å². The summed E-state index contributed by atoms with van der Waals surface area (Å²) in [6, 6.07) is 3.68. The number of carbonyl (C=O) groups is 1. The lowest BCUT2D eigenvalue weighted by Crippen LogP contribution is -2.38. The number of alkyl halides is 1. The molecule has 47 heavy (non-hydrogen) atoms. The molecule has 1 aromatic carbocycles. The maximum Gasteiger partial charge on any atom is 0.328 e. The molecule has 4 rings (SSSR count). The summed E-state index contributed by atoms with van der Waals surface area (Å²) in [6.45, 7) is 19.3. The molecule has 0 spiro atoms. The fourth-order valence-corrected chi connectivity index (χ4v) is 6.47. The highest BCUT2D eigenvalue weighted by Crippen LogP contribution is 2.35. The SMILES string of the molecule is C=C(/C=C\C1=C(C)NCCC1)CCCCC(F)[C@@H]1CCN(C(C(=O)OC(C)(C)C)c2cc(F)ccc2COC2CCOCC2)C1.CC.[HH]. The third kappa shape index (κ3) is 12.8. The minimum atomic E-state index is -0.969. The Hall–Kier alpha value is -2.55. The number of hydrogen-bond donors (Lipinski definition) is 1. The third-order valence-corrected chi connectivity index (χ3v) is 9.05. The first-order valence-corrected chi connectivity index (χ1v) is 17.9. The Morgan fingerprint density at radius 2 is 1.96 bits per heavy atom. The lowest BCUT2D eigenvalue weighted by molar-refractivity contribution is -0.161. The van der Waals surface area contributed by atoms with E-state index in [0.717, 1.165) is 62.6 Å². The number of hydrogen-bond acceptors (Lipinski definition) is 6. The van der Waals surface area contributed by atoms with Gasteiger partial charge in [-0.1, -0.05) is 50.6 Å². The summed E-state index contributed by atoms with van der Waals surface area (Å²) < 4.78 is 47.7. The molecule has 2 unspecified atom stereocenters. The van der Waals surface area contributed by atoms with Crippen LogP contribution in [0.15, 0.2) is 53.8 Å². The maximum atomic E-state index is 15.6. The van der Waals surface area contributed by atoms with Crippen molar-refractivity contribution in [3.63, 3.8) is 0 Å². The zero-order valence-corrected chi connectivity index (χ0v) is 29.8. The van der Waals surface area contributed by atoms with Gasteiger partial charge in [-0.2, -0.15) is 0 Å². The Labute approximate surface area is 284 Å². The van der Waals surface area contributed by atoms with E-state index in [1.165, 1.54) is 23.4 Å². The van der Waals surface area contributed by atoms with Crippen molar-refractivity contribution in [2.24, 2.45) is 5.92 Å². The largest absolute Gasteiger partial charge is 0.459 e. The molecule has 3 heterocycles. The Morgan fingerprint density at radius 3 is 2.66 bits per heavy atom. The zero-order valence-electron chi connectivity index (χ0n) is 29.8. The van der Waals surface area contributed by atoms with Crippen molar-refractivity contribution in [3.8, 4) is 0 Å². The van der Waals surface area contributed by atoms with Crippen LogP contribution >= 0.6 is 0 Å². The molecule has 8 heteroatoms. The maximum absolute atomic E-state index is 15.6. The molecule has 2 saturated heterocycles. The second-order valence-corrected chi connectivity index (χ2v) is 13.9. The summed E-state index contributed by atoms with van der Waals surface area (Å²) >= 11 is 0. The monoisotopic (exact) mass is 660 g/mol. The van der Waals surface area contributed by atoms with Crippen molar-refractivity contribution in [1.29, 1.82) is 0 Å². The zero-order chi connectivity index (χ0) is 34.4. The van der Waals surface area contributed by atoms with Crippen molar-refractivity contribution in [3.05, 3.63) is 70.7 Å². The quantitative estimate of drug-likeness (QED) is 0.122. The number of halogens is 2. The number of carbonyl (C=O) groups excluding carboxylic acids is 1. The molecule has 3 aliphatic heterocycles. The van der Waals surface area contributed by atoms with Crippen molar-refractivity contribution in [2.45, 2.75) is 130 Å². The highest BCUT2D eigenvalue weighted by atomic mass is 19.1. The molecular formula is C39H62F2N2O4. The van der Waals surface area contributed by atoms with Crippen molar-refractivity contribution >= 4 is 5.97 Å². The van der Waals surface area contributed by atoms with Crippen LogP contribution in [-0.4, -0.2) is 61.6 Å². The van der Waals surface area contributed by atoms with Gasteiger partial charge in [-0.3, -0.25) is 4.90 Å². The first kappa shape index (κ1) is 38.9. The third-order valence-electron chi connectivity index (χ3n) is 9.05. The minimum absolute atomic E-state index is 0. The fourth-order valence-electron chi connectivity index (χ4n) is 6.47. The van der Waals surface area contributed by atoms with Gasteiger partial charge in [0.05, 0.1) is 12.7 Å². The van der Waals surface area contributed by atoms with Crippen LogP contribution in [-0.2, 0) is 25.6 Å². The minimum Gasteiger partial charge on any atom is -0.459 e. The van der Waals surface area contributed by atoms with E-state index >= 15 is 4.39 Å². The smallest absolute Gasteiger partial charge is 0.328 e. The highest BCUT2D eigenvalue weighted by molar-refractivity contribution is 5.78. The summed E-state index contributed by atoms with van der Waals surface area (Å²) in [5.41, 5.74) is 4.20. The molecule has 1 aromatic rings. The van der Waals surface area contributed by atoms with Gasteiger partial charge >= 0.3 is 5.97 Å². The van der Waals surface area contributed by atoms with Gasteiger partial charge in [-0.05, 0) is 114 Å². The lowest BCUT2D eigenvalue weighted by atomic mass is 9.96. The number of benzene rings is 1. The standard InChI is InChI=1S/C37H54F2N2O4.C2H6.H2/c1-26(12-13-28-10-8-19-40-27(28)2)9-6-7-11-34(39)29-16-20-41(24-29)35(36(42)45-37(3,4)5)33-23-31(38)15-14-30(33)25-44-32-17-21-43-22-18-32;1-2;/h12-15,23,29,32,34-35,40H,1,6-11,16-22,24-25H2,2-5H3;1-2H3;1H/b13-12-;;/t29-,34?,35?;;/m1../s1. The summed E-state index contributed by atoms with van der Waals surface area (Å²) in [5.74, 6) is -1.06. The number of nitrogens with one attached hydrogen (secondary N) is 1. The van der Waals surface area contributed by atoms with Gasteiger partial charge in [-0.15, -0.1) is 0 Å². The molecule has 0 aliphatic carbocycles. The molecule has 266 valence electrons. The Morgan fingerprint density at radius 1 is 1.21 bits per heavy atom. The van der Waals surface area contributed by atoms with E-state index in [2.05, 4.69) is 31.0 Å². The van der Waals surface area contributed by atoms with Crippen LogP contribution in [0.1, 0.15) is 118 Å². The number of ether oxygens (including phenoxy) is 3. The Kier molecular flexibility index (Phi) is 16.1. The van der Waals surface area contributed by atoms with Gasteiger partial charge in [-0.25, -0.2) is 13.6 Å². The number of nitrogens with zero attached hydrogens (tertiary/aromatic N) is 1. The molecule has 6 nitrogen and oxygen atoms in total. The van der Waals surface area contributed by atoms with Crippen LogP contribution in [0.3, 0.4) is 0 Å². The summed E-state index contributed by atoms with van der Waals surface area (Å²) in [6.07, 6.45) is 10.8. The number of esters is 1. The van der Waals surface area contributed by atoms with Gasteiger partial charge in [0.25, 0.3) is 0 Å². The lowest BCUT2D eigenvalue weighted by Gasteiger charge is -2.32. The van der Waals surface area contributed by atoms with E-state index in [9.17, 15) is 9.18 Å². The molecule has 0 amide bonds. The average Bonchev–Trinajstić information content (AvgIpc) is 3.53. The molecule has 2 fully saturated rings. The highest BCUT2D eigenvalue weighted by Gasteiger charge is 2.39. The predicted molar refractivity (Wildman–Crippen MR) is 188 cm³/mol. The van der Waals surface area contributed by atoms with Crippen LogP contribution in [0, 0.1) is 11.7 Å². The topological polar surface area (TPSA) is 60.0 Å². The molecule has 3 atom stereocenters. The van der Waals surface area contributed by atoms with Crippen LogP contribution in [0.4, 0.5) is 8.78 Å². The van der Waals surface area contributed by atoms with Gasteiger partial charge in [0.2, 0.25) is 0 Å². The van der Waals surface area contributed by atoms with E-state index in [1.54, 1.807) is 6.07 Å². The van der Waals surface area contributed by atoms with E-state index in [0.29, 0.717) is 44.7 Å². The van der Waals surface area contributed by atoms with Crippen LogP contribution < -0.4 is 5.32 Å². The summed E-state index contributed by atoms with van der Waals surface area (Å²) in [7, 11) is 0. The second kappa shape index (κ2) is 19.4. The van der Waals surface area contributed by atoms with E-state index in [4.69, 9.17) is 14.2 Å². The molecule has 0 bridgehead atoms. The Balaban J connectivity index is 0.00000262. The van der Waals surface area contributed by atoms with Gasteiger partial charge in [0, 0.05) is 39.3 Å². The number of rotatable bonds is 14. The Bertz CT molecular complexity index is 1210. The van der Waals surface area contributed by atoms with E-state index in [-0.39, 0.29) is 20.1 Å². The average molecular weight is 661 g/mol. The van der Waals surface area contributed by atoms with E-state index in [1.807, 2.05) is 39.5 Å². The summed E-state index contributed by atoms with van der Waals surface area (Å²) in [5, 5.41) is 3.41. The predicted octanol–water partition coefficient (Wildman–Crippen LogP) is 9.17. The first-order valence-electron chi connectivity index (χ1n) is 17.9. The number of unbranched alkanes of at least 4 members (excludes halogenated alkanes) is 1. The van der Waals surface area contributed by atoms with Crippen molar-refractivity contribution in [2.75, 3.05) is 32.8 Å². The molecule has 3 aliphatic rings. The van der Waals surface area contributed by atoms with Crippen molar-refractivity contribution in [1.82, 2.24) is 10.2 Å². The van der Waals surface area contributed by atoms with Crippen LogP contribution in [0.5, 0.6) is 0 Å². The molecule has 0 radical (unpaired) electrons. The normalized spacial score (nSPS) is 20.8. The first-order chi connectivity index (χ1) is 22.5. The van der Waals surface area contributed by atoms with E-state index < -0.39 is 29.6 Å². The summed E-state index contributed by atoms with van der Waals surface area (Å²) in [4.78, 5) is 15.7. The molecule has 0 saturated carbocycles. The molecule has 1 N–H and O–H groups in total. The molecule has 0 aromatic heterocycles.